The van der Waals surface area contributed by atoms with Crippen LogP contribution in [0.4, 0.5) is 11.4 Å². The number of carbonyl (C=O) groups excluding carboxylic acids is 1. The fourth-order valence-electron chi connectivity index (χ4n) is 1.88. The lowest BCUT2D eigenvalue weighted by Crippen LogP contribution is -2.33. The third kappa shape index (κ3) is 5.09. The third-order valence-corrected chi connectivity index (χ3v) is 3.20. The fourth-order valence-corrected chi connectivity index (χ4v) is 1.88. The van der Waals surface area contributed by atoms with Crippen LogP contribution in [0.15, 0.2) is 53.6 Å². The van der Waals surface area contributed by atoms with Crippen molar-refractivity contribution in [3.63, 3.8) is 0 Å². The number of amides is 1. The van der Waals surface area contributed by atoms with E-state index in [0.717, 1.165) is 0 Å². The summed E-state index contributed by atoms with van der Waals surface area (Å²) in [5, 5.41) is 25.0. The molecule has 1 atom stereocenters. The highest BCUT2D eigenvalue weighted by atomic mass is 16.6. The Labute approximate surface area is 147 Å². The molecule has 26 heavy (non-hydrogen) atoms. The van der Waals surface area contributed by atoms with Crippen LogP contribution < -0.4 is 10.2 Å². The predicted molar refractivity (Wildman–Crippen MR) is 92.0 cm³/mol. The molecule has 10 nitrogen and oxygen atoms in total. The second-order valence-electron chi connectivity index (χ2n) is 5.10. The van der Waals surface area contributed by atoms with Gasteiger partial charge >= 0.3 is 0 Å². The summed E-state index contributed by atoms with van der Waals surface area (Å²) in [5.41, 5.74) is 2.53. The summed E-state index contributed by atoms with van der Waals surface area (Å²) in [5.74, 6) is -0.258. The van der Waals surface area contributed by atoms with Crippen molar-refractivity contribution >= 4 is 23.5 Å². The molecule has 10 heteroatoms. The number of non-ortho nitro benzene ring substituents is 2. The molecule has 134 valence electrons. The zero-order chi connectivity index (χ0) is 19.1. The maximum Gasteiger partial charge on any atom is 0.280 e. The maximum atomic E-state index is 11.9. The second-order valence-corrected chi connectivity index (χ2v) is 5.10. The molecule has 2 rings (SSSR count). The van der Waals surface area contributed by atoms with Crippen LogP contribution >= 0.6 is 0 Å². The lowest BCUT2D eigenvalue weighted by Gasteiger charge is -2.12. The number of hydrazone groups is 1. The van der Waals surface area contributed by atoms with E-state index < -0.39 is 21.9 Å². The largest absolute Gasteiger partial charge is 0.481 e. The summed E-state index contributed by atoms with van der Waals surface area (Å²) in [4.78, 5) is 32.1. The quantitative estimate of drug-likeness (QED) is 0.458. The van der Waals surface area contributed by atoms with Gasteiger partial charge in [-0.2, -0.15) is 5.10 Å². The predicted octanol–water partition coefficient (Wildman–Crippen LogP) is 2.42. The first-order chi connectivity index (χ1) is 12.4. The smallest absolute Gasteiger partial charge is 0.280 e. The number of nitrogens with zero attached hydrogens (tertiary/aromatic N) is 3. The second kappa shape index (κ2) is 8.33. The van der Waals surface area contributed by atoms with Crippen LogP contribution in [0.25, 0.3) is 0 Å². The molecule has 0 fully saturated rings. The topological polar surface area (TPSA) is 137 Å². The van der Waals surface area contributed by atoms with E-state index in [1.165, 1.54) is 55.6 Å². The number of ether oxygens (including phenoxy) is 1. The first kappa shape index (κ1) is 18.5. The number of hydrogen-bond acceptors (Lipinski definition) is 7. The molecule has 0 aliphatic heterocycles. The van der Waals surface area contributed by atoms with Crippen LogP contribution in [-0.4, -0.2) is 28.1 Å². The molecule has 2 aromatic rings. The minimum Gasteiger partial charge on any atom is -0.481 e. The van der Waals surface area contributed by atoms with Gasteiger partial charge in [-0.3, -0.25) is 25.0 Å². The van der Waals surface area contributed by atoms with E-state index in [1.807, 2.05) is 0 Å². The zero-order valence-electron chi connectivity index (χ0n) is 13.6. The first-order valence-electron chi connectivity index (χ1n) is 7.35. The molecule has 0 saturated carbocycles. The van der Waals surface area contributed by atoms with Crippen molar-refractivity contribution in [3.05, 3.63) is 74.3 Å². The van der Waals surface area contributed by atoms with Gasteiger partial charge < -0.3 is 4.74 Å². The molecule has 0 saturated heterocycles. The van der Waals surface area contributed by atoms with E-state index in [2.05, 4.69) is 10.5 Å². The van der Waals surface area contributed by atoms with Crippen molar-refractivity contribution in [1.29, 1.82) is 0 Å². The number of hydrogen-bond donors (Lipinski definition) is 1. The van der Waals surface area contributed by atoms with E-state index in [9.17, 15) is 25.0 Å². The zero-order valence-corrected chi connectivity index (χ0v) is 13.6. The van der Waals surface area contributed by atoms with Crippen LogP contribution in [0, 0.1) is 20.2 Å². The SMILES string of the molecule is CC(Oc1ccc([N+](=O)[O-])cc1)C(=O)NN=Cc1cccc([N+](=O)[O-])c1. The number of benzene rings is 2. The van der Waals surface area contributed by atoms with Crippen LogP contribution in [-0.2, 0) is 4.79 Å². The van der Waals surface area contributed by atoms with Crippen molar-refractivity contribution in [2.75, 3.05) is 0 Å². The first-order valence-corrected chi connectivity index (χ1v) is 7.35. The molecule has 1 amide bonds. The highest BCUT2D eigenvalue weighted by Crippen LogP contribution is 2.18. The van der Waals surface area contributed by atoms with Crippen molar-refractivity contribution in [2.45, 2.75) is 13.0 Å². The van der Waals surface area contributed by atoms with E-state index >= 15 is 0 Å². The number of rotatable bonds is 7. The lowest BCUT2D eigenvalue weighted by atomic mass is 10.2. The van der Waals surface area contributed by atoms with Gasteiger partial charge in [-0.25, -0.2) is 5.43 Å². The van der Waals surface area contributed by atoms with Crippen LogP contribution in [0.2, 0.25) is 0 Å². The normalized spacial score (nSPS) is 11.7. The Morgan fingerprint density at radius 1 is 1.12 bits per heavy atom. The summed E-state index contributed by atoms with van der Waals surface area (Å²) >= 11 is 0. The molecule has 0 aromatic heterocycles. The van der Waals surface area contributed by atoms with Crippen LogP contribution in [0.5, 0.6) is 5.75 Å². The molecule has 0 bridgehead atoms. The average Bonchev–Trinajstić information content (AvgIpc) is 2.62. The highest BCUT2D eigenvalue weighted by Gasteiger charge is 2.14. The Morgan fingerprint density at radius 3 is 2.38 bits per heavy atom. The van der Waals surface area contributed by atoms with Gasteiger partial charge in [0.05, 0.1) is 16.1 Å². The van der Waals surface area contributed by atoms with Crippen molar-refractivity contribution in [2.24, 2.45) is 5.10 Å². The Bertz CT molecular complexity index is 850. The van der Waals surface area contributed by atoms with E-state index in [0.29, 0.717) is 11.3 Å². The molecule has 0 heterocycles. The van der Waals surface area contributed by atoms with Gasteiger partial charge in [0.2, 0.25) is 0 Å². The molecule has 0 aliphatic rings. The highest BCUT2D eigenvalue weighted by molar-refractivity contribution is 5.84. The molecular formula is C16H14N4O6. The van der Waals surface area contributed by atoms with Gasteiger partial charge in [-0.15, -0.1) is 0 Å². The van der Waals surface area contributed by atoms with Gasteiger partial charge in [-0.05, 0) is 19.1 Å². The van der Waals surface area contributed by atoms with Crippen LogP contribution in [0.3, 0.4) is 0 Å². The molecule has 0 spiro atoms. The van der Waals surface area contributed by atoms with Gasteiger partial charge in [0.1, 0.15) is 5.75 Å². The van der Waals surface area contributed by atoms with Gasteiger partial charge in [0, 0.05) is 29.8 Å². The molecule has 1 unspecified atom stereocenters. The molecular weight excluding hydrogens is 344 g/mol. The molecule has 0 radical (unpaired) electrons. The summed E-state index contributed by atoms with van der Waals surface area (Å²) in [6, 6.07) is 11.0. The fraction of sp³-hybridized carbons (Fsp3) is 0.125. The maximum absolute atomic E-state index is 11.9. The third-order valence-electron chi connectivity index (χ3n) is 3.20. The summed E-state index contributed by atoms with van der Waals surface area (Å²) in [7, 11) is 0. The Morgan fingerprint density at radius 2 is 1.77 bits per heavy atom. The van der Waals surface area contributed by atoms with Gasteiger partial charge in [0.15, 0.2) is 6.10 Å². The number of nitro benzene ring substituents is 2. The van der Waals surface area contributed by atoms with Crippen molar-refractivity contribution in [1.82, 2.24) is 5.43 Å². The van der Waals surface area contributed by atoms with Gasteiger partial charge in [-0.1, -0.05) is 12.1 Å². The molecule has 0 aliphatic carbocycles. The summed E-state index contributed by atoms with van der Waals surface area (Å²) in [6.45, 7) is 1.49. The number of carbonyl (C=O) groups is 1. The van der Waals surface area contributed by atoms with Gasteiger partial charge in [0.25, 0.3) is 17.3 Å². The minimum absolute atomic E-state index is 0.0870. The standard InChI is InChI=1S/C16H14N4O6/c1-11(26-15-7-5-13(6-8-15)19(22)23)16(21)18-17-10-12-3-2-4-14(9-12)20(24)25/h2-11H,1H3,(H,18,21). The number of nitro groups is 2. The van der Waals surface area contributed by atoms with Crippen molar-refractivity contribution < 1.29 is 19.4 Å². The van der Waals surface area contributed by atoms with E-state index in [4.69, 9.17) is 4.74 Å². The Balaban J connectivity index is 1.91. The molecule has 1 N–H and O–H groups in total. The minimum atomic E-state index is -0.904. The summed E-state index contributed by atoms with van der Waals surface area (Å²) < 4.78 is 5.37. The monoisotopic (exact) mass is 358 g/mol. The number of nitrogens with one attached hydrogen (secondary N) is 1. The Kier molecular flexibility index (Phi) is 5.93. The average molecular weight is 358 g/mol. The van der Waals surface area contributed by atoms with Crippen LogP contribution in [0.1, 0.15) is 12.5 Å². The molecule has 2 aromatic carbocycles. The Hall–Kier alpha value is -3.82. The van der Waals surface area contributed by atoms with E-state index in [1.54, 1.807) is 6.07 Å². The summed E-state index contributed by atoms with van der Waals surface area (Å²) in [6.07, 6.45) is 0.363. The lowest BCUT2D eigenvalue weighted by molar-refractivity contribution is -0.385. The van der Waals surface area contributed by atoms with Crippen molar-refractivity contribution in [3.8, 4) is 5.75 Å². The van der Waals surface area contributed by atoms with E-state index in [-0.39, 0.29) is 11.4 Å².